The summed E-state index contributed by atoms with van der Waals surface area (Å²) < 4.78 is 1.87. The van der Waals surface area contributed by atoms with Crippen molar-refractivity contribution >= 4 is 12.4 Å². The molecule has 0 bridgehead atoms. The number of nitrogens with zero attached hydrogens (tertiary/aromatic N) is 3. The van der Waals surface area contributed by atoms with Crippen LogP contribution in [0.15, 0.2) is 6.20 Å². The van der Waals surface area contributed by atoms with Crippen molar-refractivity contribution in [1.29, 1.82) is 0 Å². The summed E-state index contributed by atoms with van der Waals surface area (Å²) >= 11 is 0. The molecule has 0 fully saturated rings. The Balaban J connectivity index is 0.00000256. The molecule has 1 rings (SSSR count). The van der Waals surface area contributed by atoms with Crippen molar-refractivity contribution in [3.63, 3.8) is 0 Å². The lowest BCUT2D eigenvalue weighted by Crippen LogP contribution is -2.31. The molecule has 0 aromatic carbocycles. The molecule has 100 valence electrons. The molecule has 0 spiro atoms. The zero-order valence-corrected chi connectivity index (χ0v) is 12.2. The van der Waals surface area contributed by atoms with E-state index in [9.17, 15) is 0 Å². The molecular weight excluding hydrogens is 236 g/mol. The minimum atomic E-state index is 0. The van der Waals surface area contributed by atoms with Crippen molar-refractivity contribution in [2.75, 3.05) is 26.2 Å². The van der Waals surface area contributed by atoms with Gasteiger partial charge in [0.1, 0.15) is 0 Å². The maximum Gasteiger partial charge on any atom is 0.0638 e. The first-order chi connectivity index (χ1) is 7.67. The minimum absolute atomic E-state index is 0. The zero-order chi connectivity index (χ0) is 12.0. The van der Waals surface area contributed by atoms with Crippen LogP contribution >= 0.6 is 12.4 Å². The van der Waals surface area contributed by atoms with Crippen LogP contribution in [0.2, 0.25) is 0 Å². The highest BCUT2D eigenvalue weighted by Crippen LogP contribution is 2.03. The van der Waals surface area contributed by atoms with Crippen LogP contribution in [0, 0.1) is 6.92 Å². The summed E-state index contributed by atoms with van der Waals surface area (Å²) in [5, 5.41) is 7.78. The number of aryl methyl sites for hydroxylation is 2. The van der Waals surface area contributed by atoms with Crippen LogP contribution in [0.4, 0.5) is 0 Å². The van der Waals surface area contributed by atoms with Crippen LogP contribution in [0.5, 0.6) is 0 Å². The van der Waals surface area contributed by atoms with E-state index in [1.54, 1.807) is 0 Å². The number of halogens is 1. The first-order valence-electron chi connectivity index (χ1n) is 6.09. The van der Waals surface area contributed by atoms with Gasteiger partial charge >= 0.3 is 0 Å². The highest BCUT2D eigenvalue weighted by molar-refractivity contribution is 5.85. The molecule has 0 saturated heterocycles. The Kier molecular flexibility index (Phi) is 8.21. The Hall–Kier alpha value is -0.580. The van der Waals surface area contributed by atoms with Gasteiger partial charge in [-0.3, -0.25) is 4.68 Å². The fourth-order valence-corrected chi connectivity index (χ4v) is 1.82. The molecule has 1 aromatic rings. The Morgan fingerprint density at radius 1 is 1.35 bits per heavy atom. The third kappa shape index (κ3) is 5.52. The molecule has 0 saturated carbocycles. The van der Waals surface area contributed by atoms with Gasteiger partial charge in [-0.2, -0.15) is 5.10 Å². The molecule has 0 atom stereocenters. The van der Waals surface area contributed by atoms with E-state index in [0.29, 0.717) is 0 Å². The highest BCUT2D eigenvalue weighted by atomic mass is 35.5. The summed E-state index contributed by atoms with van der Waals surface area (Å²) in [5.74, 6) is 0. The molecule has 4 nitrogen and oxygen atoms in total. The first kappa shape index (κ1) is 16.4. The molecule has 1 N–H and O–H groups in total. The molecule has 0 aliphatic rings. The molecular formula is C12H25ClN4. The van der Waals surface area contributed by atoms with Gasteiger partial charge in [-0.05, 0) is 20.0 Å². The Morgan fingerprint density at radius 3 is 2.47 bits per heavy atom. The lowest BCUT2D eigenvalue weighted by atomic mass is 10.2. The summed E-state index contributed by atoms with van der Waals surface area (Å²) in [6.45, 7) is 11.8. The van der Waals surface area contributed by atoms with E-state index in [2.05, 4.69) is 42.3 Å². The second kappa shape index (κ2) is 8.50. The quantitative estimate of drug-likeness (QED) is 0.756. The average Bonchev–Trinajstić information content (AvgIpc) is 2.58. The van der Waals surface area contributed by atoms with Gasteiger partial charge in [0.2, 0.25) is 0 Å². The summed E-state index contributed by atoms with van der Waals surface area (Å²) in [5.41, 5.74) is 2.42. The summed E-state index contributed by atoms with van der Waals surface area (Å²) in [4.78, 5) is 2.42. The van der Waals surface area contributed by atoms with Crippen molar-refractivity contribution < 1.29 is 0 Å². The van der Waals surface area contributed by atoms with Crippen LogP contribution in [-0.2, 0) is 13.6 Å². The second-order valence-corrected chi connectivity index (χ2v) is 4.12. The average molecular weight is 261 g/mol. The van der Waals surface area contributed by atoms with Gasteiger partial charge in [-0.15, -0.1) is 12.4 Å². The highest BCUT2D eigenvalue weighted by Gasteiger charge is 2.02. The summed E-state index contributed by atoms with van der Waals surface area (Å²) in [7, 11) is 1.96. The van der Waals surface area contributed by atoms with E-state index in [-0.39, 0.29) is 12.4 Å². The lowest BCUT2D eigenvalue weighted by molar-refractivity contribution is 0.302. The van der Waals surface area contributed by atoms with E-state index >= 15 is 0 Å². The lowest BCUT2D eigenvalue weighted by Gasteiger charge is -2.17. The number of hydrogen-bond donors (Lipinski definition) is 1. The summed E-state index contributed by atoms with van der Waals surface area (Å²) in [6, 6.07) is 0. The molecule has 0 amide bonds. The second-order valence-electron chi connectivity index (χ2n) is 4.12. The van der Waals surface area contributed by atoms with Gasteiger partial charge in [0, 0.05) is 38.4 Å². The Labute approximate surface area is 111 Å². The van der Waals surface area contributed by atoms with E-state index in [1.807, 2.05) is 11.7 Å². The monoisotopic (exact) mass is 260 g/mol. The van der Waals surface area contributed by atoms with Gasteiger partial charge in [-0.1, -0.05) is 13.8 Å². The summed E-state index contributed by atoms with van der Waals surface area (Å²) in [6.07, 6.45) is 2.08. The predicted molar refractivity (Wildman–Crippen MR) is 74.7 cm³/mol. The van der Waals surface area contributed by atoms with Gasteiger partial charge in [-0.25, -0.2) is 0 Å². The van der Waals surface area contributed by atoms with Crippen LogP contribution < -0.4 is 5.32 Å². The van der Waals surface area contributed by atoms with E-state index in [0.717, 1.165) is 38.4 Å². The van der Waals surface area contributed by atoms with Gasteiger partial charge in [0.15, 0.2) is 0 Å². The minimum Gasteiger partial charge on any atom is -0.311 e. The molecule has 0 aliphatic carbocycles. The maximum atomic E-state index is 4.32. The van der Waals surface area contributed by atoms with Crippen molar-refractivity contribution in [1.82, 2.24) is 20.0 Å². The third-order valence-corrected chi connectivity index (χ3v) is 2.93. The SMILES string of the molecule is CCN(CC)CCNCc1cn(C)nc1C.Cl. The number of aromatic nitrogens is 2. The standard InChI is InChI=1S/C12H24N4.ClH/c1-5-16(6-2)8-7-13-9-12-10-15(4)14-11(12)3;/h10,13H,5-9H2,1-4H3;1H. The van der Waals surface area contributed by atoms with Crippen LogP contribution in [-0.4, -0.2) is 40.9 Å². The molecule has 0 aliphatic heterocycles. The van der Waals surface area contributed by atoms with Crippen molar-refractivity contribution in [3.8, 4) is 0 Å². The van der Waals surface area contributed by atoms with Crippen molar-refractivity contribution in [3.05, 3.63) is 17.5 Å². The topological polar surface area (TPSA) is 33.1 Å². The number of likely N-dealkylation sites (N-methyl/N-ethyl adjacent to an activating group) is 1. The fraction of sp³-hybridized carbons (Fsp3) is 0.750. The largest absolute Gasteiger partial charge is 0.311 e. The molecule has 0 radical (unpaired) electrons. The Bertz CT molecular complexity index is 307. The normalized spacial score (nSPS) is 10.6. The molecule has 5 heteroatoms. The Morgan fingerprint density at radius 2 is 2.00 bits per heavy atom. The third-order valence-electron chi connectivity index (χ3n) is 2.93. The van der Waals surface area contributed by atoms with Gasteiger partial charge in [0.05, 0.1) is 5.69 Å². The number of rotatable bonds is 7. The molecule has 17 heavy (non-hydrogen) atoms. The van der Waals surface area contributed by atoms with Crippen molar-refractivity contribution in [2.45, 2.75) is 27.3 Å². The van der Waals surface area contributed by atoms with Crippen molar-refractivity contribution in [2.24, 2.45) is 7.05 Å². The maximum absolute atomic E-state index is 4.32. The number of nitrogens with one attached hydrogen (secondary N) is 1. The molecule has 1 heterocycles. The smallest absolute Gasteiger partial charge is 0.0638 e. The molecule has 1 aromatic heterocycles. The number of hydrogen-bond acceptors (Lipinski definition) is 3. The van der Waals surface area contributed by atoms with Crippen LogP contribution in [0.3, 0.4) is 0 Å². The van der Waals surface area contributed by atoms with Crippen LogP contribution in [0.25, 0.3) is 0 Å². The first-order valence-corrected chi connectivity index (χ1v) is 6.09. The molecule has 0 unspecified atom stereocenters. The van der Waals surface area contributed by atoms with E-state index < -0.39 is 0 Å². The van der Waals surface area contributed by atoms with Gasteiger partial charge in [0.25, 0.3) is 0 Å². The predicted octanol–water partition coefficient (Wildman–Crippen LogP) is 1.58. The van der Waals surface area contributed by atoms with E-state index in [1.165, 1.54) is 5.56 Å². The van der Waals surface area contributed by atoms with E-state index in [4.69, 9.17) is 0 Å². The van der Waals surface area contributed by atoms with Crippen LogP contribution in [0.1, 0.15) is 25.1 Å². The fourth-order valence-electron chi connectivity index (χ4n) is 1.82. The zero-order valence-electron chi connectivity index (χ0n) is 11.4. The van der Waals surface area contributed by atoms with Gasteiger partial charge < -0.3 is 10.2 Å².